The molecule has 0 radical (unpaired) electrons. The lowest BCUT2D eigenvalue weighted by atomic mass is 10.1. The zero-order valence-corrected chi connectivity index (χ0v) is 11.6. The molecule has 0 bridgehead atoms. The summed E-state index contributed by atoms with van der Waals surface area (Å²) in [4.78, 5) is 4.03. The van der Waals surface area contributed by atoms with E-state index < -0.39 is 0 Å². The van der Waals surface area contributed by atoms with Gasteiger partial charge in [-0.2, -0.15) is 5.10 Å². The minimum absolute atomic E-state index is 0.0804. The Morgan fingerprint density at radius 2 is 2.05 bits per heavy atom. The molecule has 0 spiro atoms. The number of hydrogen-bond donors (Lipinski definition) is 1. The van der Waals surface area contributed by atoms with Crippen LogP contribution >= 0.6 is 0 Å². The number of pyridine rings is 1. The fourth-order valence-electron chi connectivity index (χ4n) is 2.58. The molecular weight excluding hydrogens is 256 g/mol. The Morgan fingerprint density at radius 3 is 2.75 bits per heavy atom. The van der Waals surface area contributed by atoms with E-state index >= 15 is 0 Å². The van der Waals surface area contributed by atoms with Crippen molar-refractivity contribution in [1.29, 1.82) is 0 Å². The summed E-state index contributed by atoms with van der Waals surface area (Å²) in [5.74, 6) is 0.993. The Morgan fingerprint density at radius 1 is 1.30 bits per heavy atom. The molecule has 1 N–H and O–H groups in total. The summed E-state index contributed by atoms with van der Waals surface area (Å²) in [7, 11) is 3.31. The van der Waals surface area contributed by atoms with E-state index in [0.717, 1.165) is 30.0 Å². The van der Waals surface area contributed by atoms with Crippen molar-refractivity contribution in [1.82, 2.24) is 14.8 Å². The number of nitrogens with one attached hydrogen (secondary N) is 1. The number of ether oxygens (including phenoxy) is 2. The van der Waals surface area contributed by atoms with Gasteiger partial charge in [0, 0.05) is 44.8 Å². The highest BCUT2D eigenvalue weighted by molar-refractivity contribution is 5.62. The van der Waals surface area contributed by atoms with Gasteiger partial charge in [-0.3, -0.25) is 4.98 Å². The molecule has 20 heavy (non-hydrogen) atoms. The molecule has 0 amide bonds. The van der Waals surface area contributed by atoms with Crippen LogP contribution in [0.2, 0.25) is 0 Å². The molecule has 6 nitrogen and oxygen atoms in total. The Labute approximate surface area is 117 Å². The molecule has 3 heterocycles. The molecule has 106 valence electrons. The van der Waals surface area contributed by atoms with Crippen LogP contribution in [-0.4, -0.2) is 41.8 Å². The number of fused-ring (bicyclic) bond motifs is 1. The third-order valence-corrected chi connectivity index (χ3v) is 3.55. The fourth-order valence-corrected chi connectivity index (χ4v) is 2.58. The molecule has 0 fully saturated rings. The summed E-state index contributed by atoms with van der Waals surface area (Å²) in [5.41, 5.74) is 1.97. The monoisotopic (exact) mass is 274 g/mol. The van der Waals surface area contributed by atoms with Gasteiger partial charge in [-0.1, -0.05) is 0 Å². The summed E-state index contributed by atoms with van der Waals surface area (Å²) in [6.07, 6.45) is 4.16. The molecular formula is C14H18N4O2. The smallest absolute Gasteiger partial charge is 0.179 e. The second-order valence-electron chi connectivity index (χ2n) is 4.72. The van der Waals surface area contributed by atoms with Gasteiger partial charge < -0.3 is 14.8 Å². The molecule has 0 saturated heterocycles. The van der Waals surface area contributed by atoms with Crippen LogP contribution < -0.4 is 5.32 Å². The van der Waals surface area contributed by atoms with Gasteiger partial charge >= 0.3 is 0 Å². The molecule has 1 atom stereocenters. The normalized spacial score (nSPS) is 17.9. The summed E-state index contributed by atoms with van der Waals surface area (Å²) in [5, 5.41) is 8.05. The molecule has 1 unspecified atom stereocenters. The number of methoxy groups -OCH3 is 2. The zero-order valence-electron chi connectivity index (χ0n) is 11.6. The highest BCUT2D eigenvalue weighted by atomic mass is 16.7. The Balaban J connectivity index is 1.96. The minimum Gasteiger partial charge on any atom is -0.370 e. The van der Waals surface area contributed by atoms with Gasteiger partial charge in [-0.25, -0.2) is 4.68 Å². The molecule has 0 aromatic carbocycles. The third-order valence-electron chi connectivity index (χ3n) is 3.55. The maximum absolute atomic E-state index is 5.39. The van der Waals surface area contributed by atoms with Crippen molar-refractivity contribution in [3.8, 4) is 11.3 Å². The average molecular weight is 274 g/mol. The number of nitrogens with zero attached hydrogens (tertiary/aromatic N) is 3. The Kier molecular flexibility index (Phi) is 3.66. The largest absolute Gasteiger partial charge is 0.370 e. The summed E-state index contributed by atoms with van der Waals surface area (Å²) in [6, 6.07) is 6.03. The van der Waals surface area contributed by atoms with Crippen molar-refractivity contribution in [2.24, 2.45) is 0 Å². The SMILES string of the molecule is COC(OC)C1CCNc2cc(-c3ccncc3)nn21. The van der Waals surface area contributed by atoms with E-state index in [9.17, 15) is 0 Å². The van der Waals surface area contributed by atoms with E-state index in [1.165, 1.54) is 0 Å². The Bertz CT molecular complexity index is 566. The van der Waals surface area contributed by atoms with Crippen molar-refractivity contribution in [3.05, 3.63) is 30.6 Å². The molecule has 2 aromatic heterocycles. The standard InChI is InChI=1S/C14H18N4O2/c1-19-14(20-2)12-5-8-16-13-9-11(17-18(12)13)10-3-6-15-7-4-10/h3-4,6-7,9,12,14,16H,5,8H2,1-2H3. The van der Waals surface area contributed by atoms with Crippen LogP contribution in [0, 0.1) is 0 Å². The van der Waals surface area contributed by atoms with E-state index in [-0.39, 0.29) is 12.3 Å². The fraction of sp³-hybridized carbons (Fsp3) is 0.429. The van der Waals surface area contributed by atoms with Crippen LogP contribution in [0.15, 0.2) is 30.6 Å². The zero-order chi connectivity index (χ0) is 13.9. The summed E-state index contributed by atoms with van der Waals surface area (Å²) < 4.78 is 12.7. The second kappa shape index (κ2) is 5.60. The first-order valence-corrected chi connectivity index (χ1v) is 6.63. The minimum atomic E-state index is -0.291. The number of rotatable bonds is 4. The van der Waals surface area contributed by atoms with Gasteiger partial charge in [-0.05, 0) is 18.6 Å². The summed E-state index contributed by atoms with van der Waals surface area (Å²) >= 11 is 0. The average Bonchev–Trinajstić information content (AvgIpc) is 2.94. The van der Waals surface area contributed by atoms with Crippen LogP contribution in [-0.2, 0) is 9.47 Å². The second-order valence-corrected chi connectivity index (χ2v) is 4.72. The molecule has 0 aliphatic carbocycles. The quantitative estimate of drug-likeness (QED) is 0.863. The number of hydrogen-bond acceptors (Lipinski definition) is 5. The van der Waals surface area contributed by atoms with Crippen LogP contribution in [0.5, 0.6) is 0 Å². The van der Waals surface area contributed by atoms with E-state index in [1.54, 1.807) is 26.6 Å². The van der Waals surface area contributed by atoms with Gasteiger partial charge in [0.05, 0.1) is 5.69 Å². The lowest BCUT2D eigenvalue weighted by molar-refractivity contribution is -0.135. The van der Waals surface area contributed by atoms with Crippen LogP contribution in [0.3, 0.4) is 0 Å². The van der Waals surface area contributed by atoms with Crippen molar-refractivity contribution < 1.29 is 9.47 Å². The van der Waals surface area contributed by atoms with Gasteiger partial charge in [-0.15, -0.1) is 0 Å². The van der Waals surface area contributed by atoms with Crippen LogP contribution in [0.25, 0.3) is 11.3 Å². The molecule has 3 rings (SSSR count). The summed E-state index contributed by atoms with van der Waals surface area (Å²) in [6.45, 7) is 0.884. The number of aromatic nitrogens is 3. The third kappa shape index (κ3) is 2.28. The first-order chi connectivity index (χ1) is 9.83. The maximum atomic E-state index is 5.39. The van der Waals surface area contributed by atoms with E-state index in [2.05, 4.69) is 15.4 Å². The van der Waals surface area contributed by atoms with E-state index in [1.807, 2.05) is 22.9 Å². The van der Waals surface area contributed by atoms with E-state index in [0.29, 0.717) is 0 Å². The van der Waals surface area contributed by atoms with E-state index in [4.69, 9.17) is 9.47 Å². The van der Waals surface area contributed by atoms with Gasteiger partial charge in [0.25, 0.3) is 0 Å². The Hall–Kier alpha value is -1.92. The lowest BCUT2D eigenvalue weighted by Crippen LogP contribution is -2.34. The molecule has 6 heteroatoms. The van der Waals surface area contributed by atoms with Gasteiger partial charge in [0.15, 0.2) is 6.29 Å². The van der Waals surface area contributed by atoms with Crippen molar-refractivity contribution in [2.45, 2.75) is 18.8 Å². The highest BCUT2D eigenvalue weighted by Gasteiger charge is 2.29. The molecule has 0 saturated carbocycles. The van der Waals surface area contributed by atoms with Gasteiger partial charge in [0.1, 0.15) is 11.9 Å². The number of anilines is 1. The maximum Gasteiger partial charge on any atom is 0.179 e. The first kappa shape index (κ1) is 13.1. The molecule has 2 aromatic rings. The van der Waals surface area contributed by atoms with Crippen LogP contribution in [0.1, 0.15) is 12.5 Å². The predicted octanol–water partition coefficient (Wildman–Crippen LogP) is 1.92. The first-order valence-electron chi connectivity index (χ1n) is 6.63. The topological polar surface area (TPSA) is 61.2 Å². The van der Waals surface area contributed by atoms with Crippen LogP contribution in [0.4, 0.5) is 5.82 Å². The molecule has 1 aliphatic heterocycles. The highest BCUT2D eigenvalue weighted by Crippen LogP contribution is 2.31. The van der Waals surface area contributed by atoms with Crippen molar-refractivity contribution >= 4 is 5.82 Å². The van der Waals surface area contributed by atoms with Crippen molar-refractivity contribution in [2.75, 3.05) is 26.1 Å². The predicted molar refractivity (Wildman–Crippen MR) is 75.4 cm³/mol. The van der Waals surface area contributed by atoms with Gasteiger partial charge in [0.2, 0.25) is 0 Å². The molecule has 1 aliphatic rings. The van der Waals surface area contributed by atoms with Crippen molar-refractivity contribution in [3.63, 3.8) is 0 Å². The lowest BCUT2D eigenvalue weighted by Gasteiger charge is -2.30.